The fraction of sp³-hybridized carbons (Fsp3) is 0.367. The number of benzene rings is 2. The van der Waals surface area contributed by atoms with Gasteiger partial charge >= 0.3 is 0 Å². The summed E-state index contributed by atoms with van der Waals surface area (Å²) < 4.78 is 11.4. The lowest BCUT2D eigenvalue weighted by Gasteiger charge is -2.37. The number of nitrogens with one attached hydrogen (secondary N) is 2. The molecule has 2 aromatic carbocycles. The summed E-state index contributed by atoms with van der Waals surface area (Å²) in [5.41, 5.74) is 6.96. The van der Waals surface area contributed by atoms with E-state index in [1.807, 2.05) is 44.2 Å². The van der Waals surface area contributed by atoms with E-state index in [4.69, 9.17) is 9.47 Å². The molecule has 5 rings (SSSR count). The minimum Gasteiger partial charge on any atom is -0.493 e. The van der Waals surface area contributed by atoms with Gasteiger partial charge in [-0.25, -0.2) is 0 Å². The monoisotopic (exact) mass is 500 g/mol. The van der Waals surface area contributed by atoms with Crippen molar-refractivity contribution in [3.8, 4) is 11.5 Å². The van der Waals surface area contributed by atoms with Crippen LogP contribution in [0.1, 0.15) is 61.1 Å². The maximum absolute atomic E-state index is 13.1. The summed E-state index contributed by atoms with van der Waals surface area (Å²) in [4.78, 5) is 38.7. The predicted molar refractivity (Wildman–Crippen MR) is 141 cm³/mol. The number of dihydropyridines is 1. The molecule has 0 unspecified atom stereocenters. The summed E-state index contributed by atoms with van der Waals surface area (Å²) in [6.45, 7) is 3.78. The van der Waals surface area contributed by atoms with Gasteiger partial charge in [0.05, 0.1) is 7.11 Å². The topological polar surface area (TPSA) is 93.7 Å². The van der Waals surface area contributed by atoms with Gasteiger partial charge in [0.2, 0.25) is 0 Å². The number of ketones is 2. The highest BCUT2D eigenvalue weighted by atomic mass is 16.5. The minimum atomic E-state index is -0.414. The van der Waals surface area contributed by atoms with Crippen LogP contribution < -0.4 is 20.1 Å². The Kier molecular flexibility index (Phi) is 6.87. The Morgan fingerprint density at radius 3 is 2.27 bits per heavy atom. The average molecular weight is 501 g/mol. The fourth-order valence-corrected chi connectivity index (χ4v) is 5.52. The van der Waals surface area contributed by atoms with Crippen molar-refractivity contribution < 1.29 is 23.9 Å². The van der Waals surface area contributed by atoms with Crippen molar-refractivity contribution in [1.29, 1.82) is 0 Å². The number of amides is 1. The molecule has 7 heteroatoms. The van der Waals surface area contributed by atoms with Crippen LogP contribution in [-0.2, 0) is 14.4 Å². The van der Waals surface area contributed by atoms with Gasteiger partial charge in [-0.1, -0.05) is 18.2 Å². The first-order valence-corrected chi connectivity index (χ1v) is 12.8. The second-order valence-corrected chi connectivity index (χ2v) is 9.89. The highest BCUT2D eigenvalue weighted by molar-refractivity contribution is 6.06. The van der Waals surface area contributed by atoms with Crippen LogP contribution in [0.25, 0.3) is 0 Å². The van der Waals surface area contributed by atoms with Crippen molar-refractivity contribution in [3.05, 3.63) is 75.6 Å². The Labute approximate surface area is 216 Å². The van der Waals surface area contributed by atoms with Crippen LogP contribution in [0.5, 0.6) is 11.5 Å². The normalized spacial score (nSPS) is 17.7. The molecule has 0 saturated heterocycles. The molecule has 1 heterocycles. The lowest BCUT2D eigenvalue weighted by molar-refractivity contribution is -0.118. The lowest BCUT2D eigenvalue weighted by atomic mass is 9.71. The van der Waals surface area contributed by atoms with Crippen LogP contribution in [0.4, 0.5) is 5.69 Å². The third-order valence-electron chi connectivity index (χ3n) is 7.55. The first-order chi connectivity index (χ1) is 17.9. The van der Waals surface area contributed by atoms with Gasteiger partial charge in [0.1, 0.15) is 0 Å². The molecule has 0 bridgehead atoms. The number of methoxy groups -OCH3 is 1. The van der Waals surface area contributed by atoms with Crippen LogP contribution in [0, 0.1) is 13.8 Å². The molecular formula is C30H32N2O5. The van der Waals surface area contributed by atoms with Crippen LogP contribution in [0.3, 0.4) is 0 Å². The van der Waals surface area contributed by atoms with Gasteiger partial charge in [-0.05, 0) is 74.4 Å². The van der Waals surface area contributed by atoms with E-state index in [9.17, 15) is 14.4 Å². The summed E-state index contributed by atoms with van der Waals surface area (Å²) in [5.74, 6) is 0.360. The smallest absolute Gasteiger partial charge is 0.262 e. The summed E-state index contributed by atoms with van der Waals surface area (Å²) >= 11 is 0. The number of hydrogen-bond donors (Lipinski definition) is 2. The molecule has 1 aliphatic heterocycles. The standard InChI is InChI=1S/C30H32N2O5/c1-17-7-4-8-20(18(17)2)32-27(35)16-37-25-14-13-19(15-26(25)36-3)28-29-21(9-5-11-23(29)33)31-22-10-6-12-24(34)30(22)28/h4,7-8,13-15,28,31H,5-6,9-12,16H2,1-3H3,(H,32,35). The summed E-state index contributed by atoms with van der Waals surface area (Å²) in [6, 6.07) is 11.2. The summed E-state index contributed by atoms with van der Waals surface area (Å²) in [5, 5.41) is 6.33. The quantitative estimate of drug-likeness (QED) is 0.578. The number of hydrogen-bond acceptors (Lipinski definition) is 6. The number of rotatable bonds is 6. The third kappa shape index (κ3) is 4.78. The van der Waals surface area contributed by atoms with E-state index >= 15 is 0 Å². The van der Waals surface area contributed by atoms with E-state index in [2.05, 4.69) is 10.6 Å². The van der Waals surface area contributed by atoms with Crippen LogP contribution in [0.2, 0.25) is 0 Å². The SMILES string of the molecule is COc1cc(C2C3=C(CCCC3=O)NC3=C2C(=O)CCC3)ccc1OCC(=O)Nc1cccc(C)c1C. The molecule has 3 aliphatic rings. The largest absolute Gasteiger partial charge is 0.493 e. The molecular weight excluding hydrogens is 468 g/mol. The third-order valence-corrected chi connectivity index (χ3v) is 7.55. The van der Waals surface area contributed by atoms with Crippen molar-refractivity contribution in [3.63, 3.8) is 0 Å². The minimum absolute atomic E-state index is 0.0890. The summed E-state index contributed by atoms with van der Waals surface area (Å²) in [6.07, 6.45) is 4.21. The molecule has 2 aromatic rings. The zero-order valence-electron chi connectivity index (χ0n) is 21.5. The molecule has 0 atom stereocenters. The molecule has 192 valence electrons. The van der Waals surface area contributed by atoms with Crippen molar-refractivity contribution in [1.82, 2.24) is 5.32 Å². The molecule has 7 nitrogen and oxygen atoms in total. The Balaban J connectivity index is 1.41. The Hall–Kier alpha value is -3.87. The van der Waals surface area contributed by atoms with E-state index in [1.54, 1.807) is 6.07 Å². The molecule has 0 spiro atoms. The van der Waals surface area contributed by atoms with E-state index in [-0.39, 0.29) is 24.1 Å². The van der Waals surface area contributed by atoms with Crippen molar-refractivity contribution in [2.24, 2.45) is 0 Å². The molecule has 37 heavy (non-hydrogen) atoms. The van der Waals surface area contributed by atoms with Crippen LogP contribution in [0.15, 0.2) is 58.9 Å². The molecule has 2 N–H and O–H groups in total. The number of carbonyl (C=O) groups is 3. The molecule has 0 fully saturated rings. The number of Topliss-reactive ketones (excluding diaryl/α,β-unsaturated/α-hetero) is 2. The van der Waals surface area contributed by atoms with E-state index in [0.717, 1.165) is 59.5 Å². The van der Waals surface area contributed by atoms with Crippen molar-refractivity contribution in [2.75, 3.05) is 19.0 Å². The zero-order valence-corrected chi connectivity index (χ0v) is 21.5. The second-order valence-electron chi connectivity index (χ2n) is 9.89. The van der Waals surface area contributed by atoms with Crippen LogP contribution in [-0.4, -0.2) is 31.2 Å². The maximum atomic E-state index is 13.1. The molecule has 0 radical (unpaired) electrons. The van der Waals surface area contributed by atoms with Gasteiger partial charge in [0, 0.05) is 47.0 Å². The van der Waals surface area contributed by atoms with Gasteiger partial charge in [-0.2, -0.15) is 0 Å². The maximum Gasteiger partial charge on any atom is 0.262 e. The number of carbonyl (C=O) groups excluding carboxylic acids is 3. The first kappa shape index (κ1) is 24.8. The van der Waals surface area contributed by atoms with Crippen molar-refractivity contribution >= 4 is 23.2 Å². The lowest BCUT2D eigenvalue weighted by Crippen LogP contribution is -2.36. The highest BCUT2D eigenvalue weighted by Crippen LogP contribution is 2.46. The average Bonchev–Trinajstić information content (AvgIpc) is 2.89. The van der Waals surface area contributed by atoms with E-state index in [0.29, 0.717) is 35.5 Å². The molecule has 0 saturated carbocycles. The van der Waals surface area contributed by atoms with E-state index < -0.39 is 5.92 Å². The highest BCUT2D eigenvalue weighted by Gasteiger charge is 2.40. The zero-order chi connectivity index (χ0) is 26.1. The molecule has 2 aliphatic carbocycles. The van der Waals surface area contributed by atoms with Gasteiger partial charge in [0.15, 0.2) is 29.7 Å². The van der Waals surface area contributed by atoms with Gasteiger partial charge in [-0.3, -0.25) is 14.4 Å². The number of anilines is 1. The van der Waals surface area contributed by atoms with Gasteiger partial charge in [-0.15, -0.1) is 0 Å². The van der Waals surface area contributed by atoms with Crippen LogP contribution >= 0.6 is 0 Å². The summed E-state index contributed by atoms with van der Waals surface area (Å²) in [7, 11) is 1.54. The fourth-order valence-electron chi connectivity index (χ4n) is 5.52. The van der Waals surface area contributed by atoms with Gasteiger partial charge < -0.3 is 20.1 Å². The van der Waals surface area contributed by atoms with Crippen molar-refractivity contribution in [2.45, 2.75) is 58.3 Å². The molecule has 1 amide bonds. The first-order valence-electron chi connectivity index (χ1n) is 12.8. The Bertz CT molecular complexity index is 1310. The number of ether oxygens (including phenoxy) is 2. The Morgan fingerprint density at radius 2 is 1.62 bits per heavy atom. The number of allylic oxidation sites excluding steroid dienone is 4. The number of aryl methyl sites for hydroxylation is 1. The van der Waals surface area contributed by atoms with E-state index in [1.165, 1.54) is 7.11 Å². The molecule has 0 aromatic heterocycles. The predicted octanol–water partition coefficient (Wildman–Crippen LogP) is 5.03. The second kappa shape index (κ2) is 10.2. The van der Waals surface area contributed by atoms with Gasteiger partial charge in [0.25, 0.3) is 5.91 Å². The Morgan fingerprint density at radius 1 is 0.946 bits per heavy atom.